The molecule has 1 fully saturated rings. The van der Waals surface area contributed by atoms with Gasteiger partial charge in [0.2, 0.25) is 11.8 Å². The molecule has 0 aliphatic carbocycles. The third-order valence-electron chi connectivity index (χ3n) is 3.95. The average Bonchev–Trinajstić information content (AvgIpc) is 3.07. The van der Waals surface area contributed by atoms with E-state index in [0.29, 0.717) is 13.0 Å². The molecular formula is C20H20N2O2S. The predicted octanol–water partition coefficient (Wildman–Crippen LogP) is 3.74. The molecule has 0 radical (unpaired) electrons. The summed E-state index contributed by atoms with van der Waals surface area (Å²) < 4.78 is 0. The molecule has 0 aromatic heterocycles. The van der Waals surface area contributed by atoms with Crippen molar-refractivity contribution in [1.82, 2.24) is 5.32 Å². The number of nitrogens with one attached hydrogen (secondary N) is 1. The lowest BCUT2D eigenvalue weighted by Gasteiger charge is -2.15. The van der Waals surface area contributed by atoms with Crippen LogP contribution in [0.1, 0.15) is 18.4 Å². The summed E-state index contributed by atoms with van der Waals surface area (Å²) in [6, 6.07) is 17.7. The zero-order valence-corrected chi connectivity index (χ0v) is 14.7. The highest BCUT2D eigenvalue weighted by Gasteiger charge is 2.21. The molecule has 2 aromatic rings. The van der Waals surface area contributed by atoms with Crippen molar-refractivity contribution in [2.45, 2.75) is 24.3 Å². The van der Waals surface area contributed by atoms with Crippen LogP contribution in [-0.4, -0.2) is 18.4 Å². The van der Waals surface area contributed by atoms with Crippen LogP contribution < -0.4 is 10.2 Å². The molecule has 128 valence electrons. The number of carbonyl (C=O) groups excluding carboxylic acids is 2. The summed E-state index contributed by atoms with van der Waals surface area (Å²) in [6.07, 6.45) is 3.09. The van der Waals surface area contributed by atoms with Gasteiger partial charge in [-0.1, -0.05) is 42.1 Å². The first-order chi connectivity index (χ1) is 12.2. The molecule has 3 rings (SSSR count). The third-order valence-corrected chi connectivity index (χ3v) is 4.77. The van der Waals surface area contributed by atoms with Gasteiger partial charge in [-0.15, -0.1) is 0 Å². The number of benzene rings is 2. The number of nitrogens with zero attached hydrogens (tertiary/aromatic N) is 1. The molecule has 5 heteroatoms. The van der Waals surface area contributed by atoms with Gasteiger partial charge in [0.15, 0.2) is 0 Å². The van der Waals surface area contributed by atoms with E-state index in [1.54, 1.807) is 5.41 Å². The minimum atomic E-state index is -0.123. The van der Waals surface area contributed by atoms with Crippen LogP contribution in [0.2, 0.25) is 0 Å². The molecule has 25 heavy (non-hydrogen) atoms. The van der Waals surface area contributed by atoms with Crippen LogP contribution >= 0.6 is 11.8 Å². The van der Waals surface area contributed by atoms with Gasteiger partial charge in [0.05, 0.1) is 0 Å². The smallest absolute Gasteiger partial charge is 0.244 e. The van der Waals surface area contributed by atoms with Crippen LogP contribution in [0.3, 0.4) is 0 Å². The topological polar surface area (TPSA) is 49.4 Å². The van der Waals surface area contributed by atoms with Crippen molar-refractivity contribution in [1.29, 1.82) is 0 Å². The standard InChI is InChI=1S/C20H20N2O2S/c23-19(12-14-25-18-5-2-1-3-6-18)21-15-16-8-10-17(11-9-16)22-13-4-7-20(22)24/h1-3,5-6,8-12,14H,4,7,13,15H2,(H,21,23)/b14-12+. The van der Waals surface area contributed by atoms with Crippen molar-refractivity contribution in [3.8, 4) is 0 Å². The minimum absolute atomic E-state index is 0.123. The van der Waals surface area contributed by atoms with Crippen LogP contribution in [0.4, 0.5) is 5.69 Å². The second kappa shape index (κ2) is 8.53. The number of rotatable bonds is 6. The molecule has 1 N–H and O–H groups in total. The largest absolute Gasteiger partial charge is 0.348 e. The predicted molar refractivity (Wildman–Crippen MR) is 101 cm³/mol. The summed E-state index contributed by atoms with van der Waals surface area (Å²) in [4.78, 5) is 26.5. The Balaban J connectivity index is 1.46. The summed E-state index contributed by atoms with van der Waals surface area (Å²) in [6.45, 7) is 1.26. The van der Waals surface area contributed by atoms with E-state index in [4.69, 9.17) is 0 Å². The minimum Gasteiger partial charge on any atom is -0.348 e. The Morgan fingerprint density at radius 3 is 2.56 bits per heavy atom. The molecule has 1 aliphatic rings. The SMILES string of the molecule is O=C(/C=C/Sc1ccccc1)NCc1ccc(N2CCCC2=O)cc1. The van der Waals surface area contributed by atoms with Gasteiger partial charge < -0.3 is 10.2 Å². The number of thioether (sulfide) groups is 1. The van der Waals surface area contributed by atoms with E-state index in [-0.39, 0.29) is 11.8 Å². The molecule has 0 spiro atoms. The molecule has 2 aromatic carbocycles. The van der Waals surface area contributed by atoms with Crippen molar-refractivity contribution < 1.29 is 9.59 Å². The maximum Gasteiger partial charge on any atom is 0.244 e. The maximum atomic E-state index is 11.9. The first-order valence-corrected chi connectivity index (χ1v) is 9.16. The highest BCUT2D eigenvalue weighted by Crippen LogP contribution is 2.21. The number of hydrogen-bond acceptors (Lipinski definition) is 3. The highest BCUT2D eigenvalue weighted by molar-refractivity contribution is 8.02. The molecule has 0 saturated carbocycles. The summed E-state index contributed by atoms with van der Waals surface area (Å²) in [7, 11) is 0. The Hall–Kier alpha value is -2.53. The fourth-order valence-corrected chi connectivity index (χ4v) is 3.30. The molecule has 0 unspecified atom stereocenters. The van der Waals surface area contributed by atoms with Crippen LogP contribution in [0.5, 0.6) is 0 Å². The Labute approximate surface area is 151 Å². The molecule has 4 nitrogen and oxygen atoms in total. The summed E-state index contributed by atoms with van der Waals surface area (Å²) in [5.74, 6) is 0.0596. The number of anilines is 1. The van der Waals surface area contributed by atoms with Gasteiger partial charge in [-0.2, -0.15) is 0 Å². The van der Waals surface area contributed by atoms with Crippen LogP contribution in [0, 0.1) is 0 Å². The number of hydrogen-bond donors (Lipinski definition) is 1. The first-order valence-electron chi connectivity index (χ1n) is 8.28. The molecule has 1 aliphatic heterocycles. The first kappa shape index (κ1) is 17.3. The number of amides is 2. The lowest BCUT2D eigenvalue weighted by Crippen LogP contribution is -2.23. The van der Waals surface area contributed by atoms with Crippen molar-refractivity contribution in [2.24, 2.45) is 0 Å². The van der Waals surface area contributed by atoms with Gasteiger partial charge in [0.25, 0.3) is 0 Å². The highest BCUT2D eigenvalue weighted by atomic mass is 32.2. The van der Waals surface area contributed by atoms with Gasteiger partial charge >= 0.3 is 0 Å². The zero-order chi connectivity index (χ0) is 17.5. The van der Waals surface area contributed by atoms with E-state index in [1.165, 1.54) is 17.8 Å². The van der Waals surface area contributed by atoms with E-state index in [2.05, 4.69) is 5.32 Å². The van der Waals surface area contributed by atoms with E-state index in [1.807, 2.05) is 59.5 Å². The van der Waals surface area contributed by atoms with Gasteiger partial charge in [-0.3, -0.25) is 9.59 Å². The Bertz CT molecular complexity index is 757. The second-order valence-electron chi connectivity index (χ2n) is 5.77. The van der Waals surface area contributed by atoms with E-state index in [9.17, 15) is 9.59 Å². The fourth-order valence-electron chi connectivity index (χ4n) is 2.64. The van der Waals surface area contributed by atoms with Gasteiger partial charge in [-0.25, -0.2) is 0 Å². The van der Waals surface area contributed by atoms with Crippen LogP contribution in [0.15, 0.2) is 71.0 Å². The molecule has 0 bridgehead atoms. The van der Waals surface area contributed by atoms with Gasteiger partial charge in [0.1, 0.15) is 0 Å². The van der Waals surface area contributed by atoms with Crippen molar-refractivity contribution >= 4 is 29.3 Å². The monoisotopic (exact) mass is 352 g/mol. The zero-order valence-electron chi connectivity index (χ0n) is 13.9. The maximum absolute atomic E-state index is 11.9. The van der Waals surface area contributed by atoms with Crippen molar-refractivity contribution in [3.05, 3.63) is 71.6 Å². The third kappa shape index (κ3) is 4.97. The Morgan fingerprint density at radius 2 is 1.88 bits per heavy atom. The van der Waals surface area contributed by atoms with Crippen molar-refractivity contribution in [3.63, 3.8) is 0 Å². The van der Waals surface area contributed by atoms with E-state index >= 15 is 0 Å². The quantitative estimate of drug-likeness (QED) is 0.636. The summed E-state index contributed by atoms with van der Waals surface area (Å²) in [5.41, 5.74) is 1.93. The Kier molecular flexibility index (Phi) is 5.90. The van der Waals surface area contributed by atoms with E-state index < -0.39 is 0 Å². The molecule has 1 heterocycles. The van der Waals surface area contributed by atoms with Gasteiger partial charge in [-0.05, 0) is 41.7 Å². The summed E-state index contributed by atoms with van der Waals surface area (Å²) >= 11 is 1.51. The van der Waals surface area contributed by atoms with Crippen molar-refractivity contribution in [2.75, 3.05) is 11.4 Å². The van der Waals surface area contributed by atoms with Crippen LogP contribution in [0.25, 0.3) is 0 Å². The fraction of sp³-hybridized carbons (Fsp3) is 0.200. The lowest BCUT2D eigenvalue weighted by molar-refractivity contribution is -0.117. The van der Waals surface area contributed by atoms with E-state index in [0.717, 1.165) is 29.1 Å². The molecule has 0 atom stereocenters. The Morgan fingerprint density at radius 1 is 1.12 bits per heavy atom. The van der Waals surface area contributed by atoms with Gasteiger partial charge in [0, 0.05) is 36.2 Å². The average molecular weight is 352 g/mol. The number of carbonyl (C=O) groups is 2. The molecule has 1 saturated heterocycles. The summed E-state index contributed by atoms with van der Waals surface area (Å²) in [5, 5.41) is 4.65. The molecular weight excluding hydrogens is 332 g/mol. The second-order valence-corrected chi connectivity index (χ2v) is 6.75. The van der Waals surface area contributed by atoms with Crippen LogP contribution in [-0.2, 0) is 16.1 Å². The normalized spacial score (nSPS) is 14.2. The lowest BCUT2D eigenvalue weighted by atomic mass is 10.2. The molecule has 2 amide bonds.